The summed E-state index contributed by atoms with van der Waals surface area (Å²) in [4.78, 5) is 0. The highest BCUT2D eigenvalue weighted by molar-refractivity contribution is 5.43. The van der Waals surface area contributed by atoms with Crippen LogP contribution in [0.15, 0.2) is 23.0 Å². The second-order valence-electron chi connectivity index (χ2n) is 6.46. The SMILES string of the molecule is CC(C)(C)C1=CC(C(C)(C)C)=C([O-])C([O-])[CH]1. The number of rotatable bonds is 0. The first-order valence-electron chi connectivity index (χ1n) is 5.68. The minimum absolute atomic E-state index is 0.0835. The standard InChI is InChI=1S/C14H22O2/c1-13(2,3)9-7-10(14(4,5)6)12(16)11(15)8-9/h7-8,11,16H,1-6H3/q-1/p-1. The van der Waals surface area contributed by atoms with Gasteiger partial charge < -0.3 is 10.2 Å². The lowest BCUT2D eigenvalue weighted by Crippen LogP contribution is -2.40. The normalized spacial score (nSPS) is 23.4. The Kier molecular flexibility index (Phi) is 3.26. The van der Waals surface area contributed by atoms with Crippen LogP contribution in [0.1, 0.15) is 41.5 Å². The van der Waals surface area contributed by atoms with E-state index >= 15 is 0 Å². The summed E-state index contributed by atoms with van der Waals surface area (Å²) < 4.78 is 0. The first-order valence-corrected chi connectivity index (χ1v) is 5.68. The molecule has 0 fully saturated rings. The highest BCUT2D eigenvalue weighted by atomic mass is 16.3. The molecular formula is C14H21O2-2. The van der Waals surface area contributed by atoms with Crippen LogP contribution in [0.4, 0.5) is 0 Å². The Labute approximate surface area is 98.7 Å². The Morgan fingerprint density at radius 3 is 1.88 bits per heavy atom. The van der Waals surface area contributed by atoms with Gasteiger partial charge >= 0.3 is 0 Å². The monoisotopic (exact) mass is 221 g/mol. The van der Waals surface area contributed by atoms with E-state index in [1.54, 1.807) is 6.42 Å². The zero-order valence-electron chi connectivity index (χ0n) is 11.0. The maximum absolute atomic E-state index is 11.8. The van der Waals surface area contributed by atoms with Crippen LogP contribution in [0.25, 0.3) is 0 Å². The molecule has 0 saturated heterocycles. The molecule has 91 valence electrons. The van der Waals surface area contributed by atoms with Crippen LogP contribution >= 0.6 is 0 Å². The van der Waals surface area contributed by atoms with Gasteiger partial charge in [0.1, 0.15) is 0 Å². The molecule has 1 aliphatic rings. The van der Waals surface area contributed by atoms with E-state index in [0.29, 0.717) is 5.57 Å². The molecule has 0 spiro atoms. The molecule has 0 amide bonds. The van der Waals surface area contributed by atoms with Crippen molar-refractivity contribution in [1.29, 1.82) is 0 Å². The molecule has 1 atom stereocenters. The zero-order valence-corrected chi connectivity index (χ0v) is 11.0. The van der Waals surface area contributed by atoms with Crippen molar-refractivity contribution in [3.05, 3.63) is 29.4 Å². The average Bonchev–Trinajstić information content (AvgIpc) is 2.05. The summed E-state index contributed by atoms with van der Waals surface area (Å²) in [5.74, 6) is -0.277. The van der Waals surface area contributed by atoms with Crippen LogP contribution in [0.3, 0.4) is 0 Å². The van der Waals surface area contributed by atoms with E-state index in [-0.39, 0.29) is 16.6 Å². The van der Waals surface area contributed by atoms with Gasteiger partial charge in [-0.2, -0.15) is 0 Å². The summed E-state index contributed by atoms with van der Waals surface area (Å²) >= 11 is 0. The average molecular weight is 221 g/mol. The molecule has 2 nitrogen and oxygen atoms in total. The molecule has 1 rings (SSSR count). The van der Waals surface area contributed by atoms with Gasteiger partial charge in [0.15, 0.2) is 0 Å². The molecule has 0 aromatic rings. The Morgan fingerprint density at radius 1 is 1.00 bits per heavy atom. The molecule has 1 aliphatic carbocycles. The third kappa shape index (κ3) is 2.67. The van der Waals surface area contributed by atoms with E-state index in [4.69, 9.17) is 0 Å². The summed E-state index contributed by atoms with van der Waals surface area (Å²) in [5, 5.41) is 23.5. The Hall–Kier alpha value is -0.760. The second-order valence-corrected chi connectivity index (χ2v) is 6.46. The molecule has 2 heteroatoms. The molecular weight excluding hydrogens is 200 g/mol. The quantitative estimate of drug-likeness (QED) is 0.623. The highest BCUT2D eigenvalue weighted by Gasteiger charge is 2.25. The van der Waals surface area contributed by atoms with Gasteiger partial charge in [-0.1, -0.05) is 58.8 Å². The summed E-state index contributed by atoms with van der Waals surface area (Å²) in [6, 6.07) is 0. The van der Waals surface area contributed by atoms with Gasteiger partial charge in [-0.25, -0.2) is 0 Å². The summed E-state index contributed by atoms with van der Waals surface area (Å²) in [5.41, 5.74) is 1.28. The summed E-state index contributed by atoms with van der Waals surface area (Å²) in [6.45, 7) is 12.1. The van der Waals surface area contributed by atoms with E-state index < -0.39 is 6.10 Å². The van der Waals surface area contributed by atoms with Gasteiger partial charge in [-0.3, -0.25) is 0 Å². The number of hydrogen-bond donors (Lipinski definition) is 0. The van der Waals surface area contributed by atoms with E-state index in [1.807, 2.05) is 26.8 Å². The molecule has 0 saturated carbocycles. The minimum Gasteiger partial charge on any atom is -0.876 e. The fourth-order valence-electron chi connectivity index (χ4n) is 1.72. The molecule has 1 radical (unpaired) electrons. The van der Waals surface area contributed by atoms with Gasteiger partial charge in [0.2, 0.25) is 0 Å². The molecule has 0 bridgehead atoms. The van der Waals surface area contributed by atoms with Gasteiger partial charge in [-0.15, -0.1) is 11.9 Å². The van der Waals surface area contributed by atoms with Crippen LogP contribution < -0.4 is 10.2 Å². The fourth-order valence-corrected chi connectivity index (χ4v) is 1.72. The van der Waals surface area contributed by atoms with Gasteiger partial charge in [0.25, 0.3) is 0 Å². The highest BCUT2D eigenvalue weighted by Crippen LogP contribution is 2.38. The van der Waals surface area contributed by atoms with Crippen molar-refractivity contribution in [3.63, 3.8) is 0 Å². The van der Waals surface area contributed by atoms with Crippen molar-refractivity contribution in [2.45, 2.75) is 47.6 Å². The molecule has 0 aromatic carbocycles. The lowest BCUT2D eigenvalue weighted by molar-refractivity contribution is -0.447. The van der Waals surface area contributed by atoms with Gasteiger partial charge in [0.05, 0.1) is 0 Å². The molecule has 1 unspecified atom stereocenters. The first-order chi connectivity index (χ1) is 7.03. The van der Waals surface area contributed by atoms with Crippen molar-refractivity contribution < 1.29 is 10.2 Å². The van der Waals surface area contributed by atoms with E-state index in [1.165, 1.54) is 0 Å². The lowest BCUT2D eigenvalue weighted by atomic mass is 9.74. The van der Waals surface area contributed by atoms with E-state index in [0.717, 1.165) is 5.57 Å². The van der Waals surface area contributed by atoms with Crippen LogP contribution in [0, 0.1) is 17.3 Å². The topological polar surface area (TPSA) is 46.1 Å². The molecule has 0 aliphatic heterocycles. The van der Waals surface area contributed by atoms with Gasteiger partial charge in [0, 0.05) is 0 Å². The Bertz CT molecular complexity index is 335. The third-order valence-electron chi connectivity index (χ3n) is 2.83. The minimum atomic E-state index is -1.23. The zero-order chi connectivity index (χ0) is 12.7. The van der Waals surface area contributed by atoms with Crippen LogP contribution in [-0.4, -0.2) is 6.10 Å². The number of hydrogen-bond acceptors (Lipinski definition) is 2. The lowest BCUT2D eigenvalue weighted by Gasteiger charge is -2.43. The van der Waals surface area contributed by atoms with Crippen LogP contribution in [0.2, 0.25) is 0 Å². The summed E-state index contributed by atoms with van der Waals surface area (Å²) in [7, 11) is 0. The summed E-state index contributed by atoms with van der Waals surface area (Å²) in [6.07, 6.45) is 2.22. The first kappa shape index (κ1) is 13.3. The predicted octanol–water partition coefficient (Wildman–Crippen LogP) is 1.57. The van der Waals surface area contributed by atoms with E-state index in [2.05, 4.69) is 20.8 Å². The molecule has 16 heavy (non-hydrogen) atoms. The second kappa shape index (κ2) is 3.92. The van der Waals surface area contributed by atoms with Crippen LogP contribution in [-0.2, 0) is 0 Å². The number of allylic oxidation sites excluding steroid dienone is 2. The maximum atomic E-state index is 11.8. The molecule has 0 N–H and O–H groups in total. The van der Waals surface area contributed by atoms with Crippen molar-refractivity contribution >= 4 is 0 Å². The van der Waals surface area contributed by atoms with Crippen LogP contribution in [0.5, 0.6) is 0 Å². The predicted molar refractivity (Wildman–Crippen MR) is 62.1 cm³/mol. The smallest absolute Gasteiger partial charge is 0.0141 e. The molecule has 0 aromatic heterocycles. The van der Waals surface area contributed by atoms with Crippen molar-refractivity contribution in [1.82, 2.24) is 0 Å². The Morgan fingerprint density at radius 2 is 1.50 bits per heavy atom. The largest absolute Gasteiger partial charge is 0.876 e. The van der Waals surface area contributed by atoms with Crippen molar-refractivity contribution in [2.75, 3.05) is 0 Å². The van der Waals surface area contributed by atoms with E-state index in [9.17, 15) is 10.2 Å². The Balaban J connectivity index is 3.23. The van der Waals surface area contributed by atoms with Gasteiger partial charge in [-0.05, 0) is 17.3 Å². The maximum Gasteiger partial charge on any atom is -0.0141 e. The van der Waals surface area contributed by atoms with Crippen molar-refractivity contribution in [2.24, 2.45) is 10.8 Å². The fraction of sp³-hybridized carbons (Fsp3) is 0.643. The molecule has 0 heterocycles. The van der Waals surface area contributed by atoms with Crippen molar-refractivity contribution in [3.8, 4) is 0 Å². The third-order valence-corrected chi connectivity index (χ3v) is 2.83.